The van der Waals surface area contributed by atoms with Crippen molar-refractivity contribution < 1.29 is 9.59 Å². The van der Waals surface area contributed by atoms with E-state index in [4.69, 9.17) is 5.73 Å². The van der Waals surface area contributed by atoms with Crippen LogP contribution in [0.25, 0.3) is 0 Å². The molecule has 0 spiro atoms. The third kappa shape index (κ3) is 1.85. The summed E-state index contributed by atoms with van der Waals surface area (Å²) >= 11 is 0. The van der Waals surface area contributed by atoms with Gasteiger partial charge < -0.3 is 5.73 Å². The lowest BCUT2D eigenvalue weighted by molar-refractivity contribution is 0.0647. The number of benzene rings is 1. The number of nitrogens with zero attached hydrogens (tertiary/aromatic N) is 4. The predicted molar refractivity (Wildman–Crippen MR) is 66.2 cm³/mol. The van der Waals surface area contributed by atoms with Gasteiger partial charge in [0.2, 0.25) is 0 Å². The van der Waals surface area contributed by atoms with Crippen molar-refractivity contribution in [3.8, 4) is 0 Å². The first kappa shape index (κ1) is 11.4. The van der Waals surface area contributed by atoms with Crippen molar-refractivity contribution in [3.05, 3.63) is 41.7 Å². The van der Waals surface area contributed by atoms with Crippen LogP contribution in [-0.2, 0) is 6.54 Å². The van der Waals surface area contributed by atoms with Gasteiger partial charge in [0.05, 0.1) is 23.9 Å². The highest BCUT2D eigenvalue weighted by Gasteiger charge is 2.35. The first-order chi connectivity index (χ1) is 9.16. The van der Waals surface area contributed by atoms with Crippen molar-refractivity contribution in [3.63, 3.8) is 0 Å². The van der Waals surface area contributed by atoms with Gasteiger partial charge in [-0.05, 0) is 18.2 Å². The van der Waals surface area contributed by atoms with E-state index in [1.54, 1.807) is 29.2 Å². The van der Waals surface area contributed by atoms with E-state index < -0.39 is 0 Å². The lowest BCUT2D eigenvalue weighted by Gasteiger charge is -2.12. The van der Waals surface area contributed by atoms with Crippen LogP contribution in [0.15, 0.2) is 30.6 Å². The van der Waals surface area contributed by atoms with Gasteiger partial charge in [0.25, 0.3) is 11.8 Å². The second-order valence-electron chi connectivity index (χ2n) is 4.23. The number of rotatable bonds is 3. The van der Waals surface area contributed by atoms with Gasteiger partial charge in [-0.3, -0.25) is 19.2 Å². The first-order valence-electron chi connectivity index (χ1n) is 5.76. The first-order valence-corrected chi connectivity index (χ1v) is 5.76. The van der Waals surface area contributed by atoms with E-state index in [9.17, 15) is 9.59 Å². The number of aromatic nitrogens is 3. The van der Waals surface area contributed by atoms with E-state index in [1.807, 2.05) is 0 Å². The van der Waals surface area contributed by atoms with E-state index in [2.05, 4.69) is 10.3 Å². The molecule has 2 aromatic rings. The van der Waals surface area contributed by atoms with Crippen molar-refractivity contribution in [1.29, 1.82) is 0 Å². The molecule has 2 N–H and O–H groups in total. The van der Waals surface area contributed by atoms with Crippen molar-refractivity contribution in [2.24, 2.45) is 0 Å². The van der Waals surface area contributed by atoms with Crippen LogP contribution >= 0.6 is 0 Å². The zero-order chi connectivity index (χ0) is 13.4. The molecule has 2 heterocycles. The molecule has 0 saturated heterocycles. The normalized spacial score (nSPS) is 14.0. The Morgan fingerprint density at radius 2 is 1.89 bits per heavy atom. The number of amides is 2. The second-order valence-corrected chi connectivity index (χ2v) is 4.23. The lowest BCUT2D eigenvalue weighted by Crippen LogP contribution is -2.33. The highest BCUT2D eigenvalue weighted by Crippen LogP contribution is 2.24. The van der Waals surface area contributed by atoms with Crippen molar-refractivity contribution in [2.45, 2.75) is 6.54 Å². The van der Waals surface area contributed by atoms with Crippen LogP contribution in [0.1, 0.15) is 20.7 Å². The minimum Gasteiger partial charge on any atom is -0.399 e. The number of hydrogen-bond donors (Lipinski definition) is 1. The molecule has 7 heteroatoms. The smallest absolute Gasteiger partial charge is 0.261 e. The molecule has 0 radical (unpaired) electrons. The molecule has 0 unspecified atom stereocenters. The summed E-state index contributed by atoms with van der Waals surface area (Å²) in [5, 5.41) is 7.45. The van der Waals surface area contributed by atoms with Crippen molar-refractivity contribution in [1.82, 2.24) is 19.9 Å². The number of fused-ring (bicyclic) bond motifs is 1. The molecule has 2 amide bonds. The largest absolute Gasteiger partial charge is 0.399 e. The van der Waals surface area contributed by atoms with E-state index in [1.165, 1.54) is 11.0 Å². The Morgan fingerprint density at radius 3 is 2.63 bits per heavy atom. The maximum Gasteiger partial charge on any atom is 0.261 e. The summed E-state index contributed by atoms with van der Waals surface area (Å²) in [6.45, 7) is 0.677. The molecule has 1 aromatic heterocycles. The Balaban J connectivity index is 1.82. The van der Waals surface area contributed by atoms with Gasteiger partial charge >= 0.3 is 0 Å². The van der Waals surface area contributed by atoms with Crippen LogP contribution in [0.5, 0.6) is 0 Å². The molecule has 0 bridgehead atoms. The van der Waals surface area contributed by atoms with Crippen LogP contribution in [0.2, 0.25) is 0 Å². The lowest BCUT2D eigenvalue weighted by atomic mass is 10.1. The van der Waals surface area contributed by atoms with Gasteiger partial charge in [-0.15, -0.1) is 5.10 Å². The third-order valence-electron chi connectivity index (χ3n) is 3.02. The van der Waals surface area contributed by atoms with Crippen LogP contribution in [-0.4, -0.2) is 38.3 Å². The van der Waals surface area contributed by atoms with Crippen LogP contribution in [0.3, 0.4) is 0 Å². The van der Waals surface area contributed by atoms with Gasteiger partial charge in [-0.1, -0.05) is 5.21 Å². The second kappa shape index (κ2) is 4.20. The highest BCUT2D eigenvalue weighted by atomic mass is 16.2. The fourth-order valence-corrected chi connectivity index (χ4v) is 2.07. The molecule has 1 aromatic carbocycles. The number of nitrogen functional groups attached to an aromatic ring is 1. The molecule has 0 atom stereocenters. The van der Waals surface area contributed by atoms with Crippen LogP contribution < -0.4 is 5.73 Å². The molecule has 19 heavy (non-hydrogen) atoms. The molecule has 96 valence electrons. The summed E-state index contributed by atoms with van der Waals surface area (Å²) < 4.78 is 1.57. The summed E-state index contributed by atoms with van der Waals surface area (Å²) in [6.07, 6.45) is 3.22. The summed E-state index contributed by atoms with van der Waals surface area (Å²) in [7, 11) is 0. The maximum atomic E-state index is 12.1. The zero-order valence-electron chi connectivity index (χ0n) is 9.98. The molecular formula is C12H11N5O2. The van der Waals surface area contributed by atoms with E-state index >= 15 is 0 Å². The van der Waals surface area contributed by atoms with Gasteiger partial charge in [0.1, 0.15) is 0 Å². The molecular weight excluding hydrogens is 246 g/mol. The van der Waals surface area contributed by atoms with Crippen molar-refractivity contribution >= 4 is 17.5 Å². The summed E-state index contributed by atoms with van der Waals surface area (Å²) in [5.41, 5.74) is 6.87. The number of anilines is 1. The van der Waals surface area contributed by atoms with E-state index in [0.29, 0.717) is 23.4 Å². The van der Waals surface area contributed by atoms with E-state index in [-0.39, 0.29) is 18.4 Å². The Bertz CT molecular complexity index is 650. The van der Waals surface area contributed by atoms with Gasteiger partial charge in [0, 0.05) is 18.4 Å². The highest BCUT2D eigenvalue weighted by molar-refractivity contribution is 6.21. The summed E-state index contributed by atoms with van der Waals surface area (Å²) in [5.74, 6) is -0.604. The molecule has 3 rings (SSSR count). The third-order valence-corrected chi connectivity index (χ3v) is 3.02. The standard InChI is InChI=1S/C12H11N5O2/c13-8-1-2-9-10(7-8)12(19)17(11(9)18)6-5-16-4-3-14-15-16/h1-4,7H,5-6,13H2. The number of hydrogen-bond acceptors (Lipinski definition) is 5. The number of carbonyl (C=O) groups excluding carboxylic acids is 2. The van der Waals surface area contributed by atoms with Gasteiger partial charge in [-0.25, -0.2) is 0 Å². The minimum absolute atomic E-state index is 0.260. The SMILES string of the molecule is Nc1ccc2c(c1)C(=O)N(CCn1ccnn1)C2=O. The Labute approximate surface area is 108 Å². The topological polar surface area (TPSA) is 94.1 Å². The van der Waals surface area contributed by atoms with Crippen LogP contribution in [0, 0.1) is 0 Å². The predicted octanol–water partition coefficient (Wildman–Crippen LogP) is 0.156. The van der Waals surface area contributed by atoms with Gasteiger partial charge in [-0.2, -0.15) is 0 Å². The molecule has 7 nitrogen and oxygen atoms in total. The minimum atomic E-state index is -0.313. The van der Waals surface area contributed by atoms with E-state index in [0.717, 1.165) is 0 Å². The maximum absolute atomic E-state index is 12.1. The fraction of sp³-hybridized carbons (Fsp3) is 0.167. The molecule has 1 aliphatic heterocycles. The summed E-state index contributed by atoms with van der Waals surface area (Å²) in [6, 6.07) is 4.73. The zero-order valence-corrected chi connectivity index (χ0v) is 9.98. The van der Waals surface area contributed by atoms with Gasteiger partial charge in [0.15, 0.2) is 0 Å². The number of carbonyl (C=O) groups is 2. The Morgan fingerprint density at radius 1 is 1.11 bits per heavy atom. The molecule has 0 aliphatic carbocycles. The average Bonchev–Trinajstić information content (AvgIpc) is 2.98. The Hall–Kier alpha value is -2.70. The van der Waals surface area contributed by atoms with Crippen LogP contribution in [0.4, 0.5) is 5.69 Å². The Kier molecular flexibility index (Phi) is 2.52. The fourth-order valence-electron chi connectivity index (χ4n) is 2.07. The number of imide groups is 1. The molecule has 0 fully saturated rings. The average molecular weight is 257 g/mol. The van der Waals surface area contributed by atoms with Crippen molar-refractivity contribution in [2.75, 3.05) is 12.3 Å². The summed E-state index contributed by atoms with van der Waals surface area (Å²) in [4.78, 5) is 25.4. The monoisotopic (exact) mass is 257 g/mol. The quantitative estimate of drug-likeness (QED) is 0.624. The molecule has 0 saturated carbocycles. The number of nitrogens with two attached hydrogens (primary N) is 1. The molecule has 1 aliphatic rings.